The van der Waals surface area contributed by atoms with E-state index >= 15 is 0 Å². The fraction of sp³-hybridized carbons (Fsp3) is 0.611. The van der Waals surface area contributed by atoms with Crippen LogP contribution >= 0.6 is 0 Å². The Hall–Kier alpha value is -1.59. The summed E-state index contributed by atoms with van der Waals surface area (Å²) in [6.07, 6.45) is -6.44. The van der Waals surface area contributed by atoms with Crippen molar-refractivity contribution in [1.82, 2.24) is 4.90 Å². The van der Waals surface area contributed by atoms with Crippen LogP contribution in [0.5, 0.6) is 11.5 Å². The average molecular weight is 321 g/mol. The molecule has 2 bridgehead atoms. The molecule has 1 saturated carbocycles. The van der Waals surface area contributed by atoms with Gasteiger partial charge >= 0.3 is 0 Å². The Morgan fingerprint density at radius 3 is 3.22 bits per heavy atom. The highest BCUT2D eigenvalue weighted by atomic mass is 16.5. The van der Waals surface area contributed by atoms with Gasteiger partial charge in [0.1, 0.15) is 0 Å². The predicted octanol–water partition coefficient (Wildman–Crippen LogP) is 1.05. The minimum atomic E-state index is -2.44. The van der Waals surface area contributed by atoms with Crippen molar-refractivity contribution in [3.05, 3.63) is 23.3 Å². The maximum absolute atomic E-state index is 13.2. The van der Waals surface area contributed by atoms with E-state index in [0.717, 1.165) is 0 Å². The number of carbonyl (C=O) groups is 1. The number of hydrogen-bond donors (Lipinski definition) is 1. The van der Waals surface area contributed by atoms with Crippen LogP contribution in [0, 0.1) is 0 Å². The Balaban J connectivity index is 1.99. The summed E-state index contributed by atoms with van der Waals surface area (Å²) in [6.45, 7) is 0.264. The van der Waals surface area contributed by atoms with E-state index in [1.165, 1.54) is 24.1 Å². The van der Waals surface area contributed by atoms with Crippen LogP contribution in [0.1, 0.15) is 37.2 Å². The van der Waals surface area contributed by atoms with E-state index in [2.05, 4.69) is 0 Å². The van der Waals surface area contributed by atoms with Crippen molar-refractivity contribution in [2.75, 3.05) is 20.7 Å². The molecule has 122 valence electrons. The van der Waals surface area contributed by atoms with E-state index in [1.54, 1.807) is 7.05 Å². The minimum absolute atomic E-state index is 0.179. The number of piperidine rings is 1. The van der Waals surface area contributed by atoms with Gasteiger partial charge < -0.3 is 19.5 Å². The van der Waals surface area contributed by atoms with E-state index in [0.29, 0.717) is 11.3 Å². The number of likely N-dealkylation sites (N-methyl/N-ethyl adjacent to an activating group) is 1. The number of nitrogens with zero attached hydrogens (tertiary/aromatic N) is 1. The molecule has 2 fully saturated rings. The zero-order valence-corrected chi connectivity index (χ0v) is 12.9. The monoisotopic (exact) mass is 321 g/mol. The number of ether oxygens (including phenoxy) is 2. The Labute approximate surface area is 143 Å². The molecule has 4 atom stereocenters. The number of Topliss-reactive ketones (excluding diaryl/α,β-unsaturated/α-hetero) is 1. The molecule has 5 heteroatoms. The van der Waals surface area contributed by atoms with E-state index in [9.17, 15) is 6.17 Å². The molecule has 2 aliphatic heterocycles. The number of methoxy groups -OCH3 is 1. The van der Waals surface area contributed by atoms with Gasteiger partial charge in [-0.3, -0.25) is 4.79 Å². The Kier molecular flexibility index (Phi) is 1.60. The molecule has 4 aliphatic rings. The lowest BCUT2D eigenvalue weighted by Gasteiger charge is -2.62. The van der Waals surface area contributed by atoms with Gasteiger partial charge in [-0.25, -0.2) is 0 Å². The fourth-order valence-electron chi connectivity index (χ4n) is 4.73. The van der Waals surface area contributed by atoms with Crippen molar-refractivity contribution in [2.45, 2.75) is 48.7 Å². The number of benzene rings is 1. The molecule has 1 unspecified atom stereocenters. The van der Waals surface area contributed by atoms with E-state index in [-0.39, 0.29) is 24.3 Å². The standard InChI is InChI=1S/C18H21NO4/c1-19-8-7-17-14-10-3-4-12(22-2)15(14)23-16(17)11(20)5-6-18(17,21)13(19)9-10/h3-4,13,16,21H,5-9H2,1-2H3/t13-,16?,17+,18-/m1/s1/i5D2,9D2,13D,21D. The van der Waals surface area contributed by atoms with Gasteiger partial charge in [0, 0.05) is 23.4 Å². The lowest BCUT2D eigenvalue weighted by molar-refractivity contribution is -0.185. The van der Waals surface area contributed by atoms with Crippen LogP contribution < -0.4 is 9.47 Å². The molecular weight excluding hydrogens is 294 g/mol. The molecule has 1 N–H and O–H groups in total. The molecular formula is C18H21NO4. The Morgan fingerprint density at radius 1 is 1.57 bits per heavy atom. The zero-order valence-electron chi connectivity index (χ0n) is 18.9. The van der Waals surface area contributed by atoms with Crippen LogP contribution in [0.25, 0.3) is 0 Å². The molecule has 0 aromatic heterocycles. The lowest BCUT2D eigenvalue weighted by Crippen LogP contribution is -2.76. The number of likely N-dealkylation sites (tertiary alicyclic amines) is 1. The van der Waals surface area contributed by atoms with Crippen LogP contribution in [0.15, 0.2) is 12.1 Å². The normalized spacial score (nSPS) is 51.9. The molecule has 5 rings (SSSR count). The molecule has 1 aromatic carbocycles. The topological polar surface area (TPSA) is 59.0 Å². The third-order valence-corrected chi connectivity index (χ3v) is 5.80. The first kappa shape index (κ1) is 9.04. The summed E-state index contributed by atoms with van der Waals surface area (Å²) in [4.78, 5) is 14.6. The van der Waals surface area contributed by atoms with E-state index in [1.807, 2.05) is 0 Å². The first-order valence-corrected chi connectivity index (χ1v) is 7.75. The molecule has 1 aromatic rings. The summed E-state index contributed by atoms with van der Waals surface area (Å²) in [6, 6.07) is 0.917. The molecule has 23 heavy (non-hydrogen) atoms. The maximum atomic E-state index is 13.2. The highest BCUT2D eigenvalue weighted by Gasteiger charge is 2.72. The van der Waals surface area contributed by atoms with Crippen LogP contribution in [-0.2, 0) is 16.6 Å². The first-order chi connectivity index (χ1) is 13.5. The second kappa shape index (κ2) is 4.08. The summed E-state index contributed by atoms with van der Waals surface area (Å²) in [5, 5.41) is 5.24. The minimum Gasteiger partial charge on any atom is -0.493 e. The predicted molar refractivity (Wildman–Crippen MR) is 83.0 cm³/mol. The molecule has 1 spiro atoms. The van der Waals surface area contributed by atoms with Crippen LogP contribution in [0.3, 0.4) is 0 Å². The summed E-state index contributed by atoms with van der Waals surface area (Å²) < 4.78 is 63.4. The number of hydrogen-bond acceptors (Lipinski definition) is 5. The van der Waals surface area contributed by atoms with Gasteiger partial charge in [0.2, 0.25) is 1.43 Å². The zero-order chi connectivity index (χ0) is 21.2. The molecule has 2 heterocycles. The van der Waals surface area contributed by atoms with Crippen molar-refractivity contribution in [1.29, 1.82) is 1.43 Å². The average Bonchev–Trinajstić information content (AvgIpc) is 3.02. The molecule has 1 saturated heterocycles. The third-order valence-electron chi connectivity index (χ3n) is 5.80. The molecule has 5 nitrogen and oxygen atoms in total. The summed E-state index contributed by atoms with van der Waals surface area (Å²) in [7, 11) is 3.00. The second-order valence-corrected chi connectivity index (χ2v) is 6.68. The van der Waals surface area contributed by atoms with Crippen molar-refractivity contribution in [3.8, 4) is 11.5 Å². The largest absolute Gasteiger partial charge is 0.493 e. The summed E-state index contributed by atoms with van der Waals surface area (Å²) in [5.41, 5.74) is -2.75. The van der Waals surface area contributed by atoms with Gasteiger partial charge in [-0.1, -0.05) is 6.07 Å². The second-order valence-electron chi connectivity index (χ2n) is 6.68. The summed E-state index contributed by atoms with van der Waals surface area (Å²) in [5.74, 6) is -0.298. The van der Waals surface area contributed by atoms with E-state index < -0.39 is 48.1 Å². The number of aliphatic hydroxyl groups is 1. The first-order valence-electron chi connectivity index (χ1n) is 10.7. The SMILES string of the molecule is [2H]O[C@@]12CC([2H])([2H])C(=O)C3Oc4c(OC)ccc5c4[C@@]31CCN(C)[C@]2([2H])C5([2H])[2H]. The maximum Gasteiger partial charge on any atom is 0.211 e. The highest BCUT2D eigenvalue weighted by Crippen LogP contribution is 2.64. The van der Waals surface area contributed by atoms with Crippen LogP contribution in [0.4, 0.5) is 0 Å². The van der Waals surface area contributed by atoms with Crippen LogP contribution in [-0.4, -0.2) is 55.6 Å². The number of ketones is 1. The van der Waals surface area contributed by atoms with Crippen molar-refractivity contribution >= 4 is 5.78 Å². The highest BCUT2D eigenvalue weighted by molar-refractivity contribution is 5.90. The van der Waals surface area contributed by atoms with Crippen LogP contribution in [0.2, 0.25) is 0 Å². The Bertz CT molecular complexity index is 957. The van der Waals surface area contributed by atoms with Gasteiger partial charge in [-0.2, -0.15) is 0 Å². The number of carbonyl (C=O) groups excluding carboxylic acids is 1. The third kappa shape index (κ3) is 1.32. The molecule has 0 radical (unpaired) electrons. The number of rotatable bonds is 2. The van der Waals surface area contributed by atoms with Gasteiger partial charge in [0.15, 0.2) is 23.4 Å². The molecule has 0 amide bonds. The fourth-order valence-corrected chi connectivity index (χ4v) is 4.73. The smallest absolute Gasteiger partial charge is 0.211 e. The van der Waals surface area contributed by atoms with Gasteiger partial charge in [-0.15, -0.1) is 0 Å². The van der Waals surface area contributed by atoms with Gasteiger partial charge in [0.25, 0.3) is 0 Å². The van der Waals surface area contributed by atoms with Crippen molar-refractivity contribution < 1.29 is 26.2 Å². The van der Waals surface area contributed by atoms with Gasteiger partial charge in [-0.05, 0) is 44.4 Å². The van der Waals surface area contributed by atoms with Gasteiger partial charge in [0.05, 0.1) is 19.5 Å². The summed E-state index contributed by atoms with van der Waals surface area (Å²) >= 11 is 0. The van der Waals surface area contributed by atoms with Crippen molar-refractivity contribution in [2.24, 2.45) is 0 Å². The van der Waals surface area contributed by atoms with Crippen molar-refractivity contribution in [3.63, 3.8) is 0 Å². The molecule has 2 aliphatic carbocycles. The Morgan fingerprint density at radius 2 is 2.43 bits per heavy atom. The van der Waals surface area contributed by atoms with E-state index in [4.69, 9.17) is 21.5 Å². The lowest BCUT2D eigenvalue weighted by atomic mass is 9.49. The quantitative estimate of drug-likeness (QED) is 0.882.